The molecule has 0 aliphatic carbocycles. The lowest BCUT2D eigenvalue weighted by atomic mass is 10.2. The molecule has 6 heteroatoms. The predicted octanol–water partition coefficient (Wildman–Crippen LogP) is 1.11. The number of nitrogens with zero attached hydrogens (tertiary/aromatic N) is 1. The Kier molecular flexibility index (Phi) is 6.13. The van der Waals surface area contributed by atoms with Crippen molar-refractivity contribution in [2.75, 3.05) is 20.6 Å². The molecule has 5 nitrogen and oxygen atoms in total. The van der Waals surface area contributed by atoms with Crippen molar-refractivity contribution in [3.63, 3.8) is 0 Å². The zero-order chi connectivity index (χ0) is 15.3. The van der Waals surface area contributed by atoms with Gasteiger partial charge in [0.1, 0.15) is 0 Å². The van der Waals surface area contributed by atoms with Gasteiger partial charge in [0, 0.05) is 6.04 Å². The summed E-state index contributed by atoms with van der Waals surface area (Å²) >= 11 is 0. The highest BCUT2D eigenvalue weighted by molar-refractivity contribution is 7.89. The van der Waals surface area contributed by atoms with Crippen molar-refractivity contribution >= 4 is 10.0 Å². The summed E-state index contributed by atoms with van der Waals surface area (Å²) in [6.07, 6.45) is 0.741. The Balaban J connectivity index is 2.88. The summed E-state index contributed by atoms with van der Waals surface area (Å²) in [6.45, 7) is 4.25. The molecule has 114 valence electrons. The fraction of sp³-hybridized carbons (Fsp3) is 0.571. The van der Waals surface area contributed by atoms with E-state index in [9.17, 15) is 8.42 Å². The summed E-state index contributed by atoms with van der Waals surface area (Å²) in [5.74, 6) is 0. The van der Waals surface area contributed by atoms with Crippen molar-refractivity contribution in [2.45, 2.75) is 37.8 Å². The van der Waals surface area contributed by atoms with Gasteiger partial charge >= 0.3 is 0 Å². The highest BCUT2D eigenvalue weighted by Crippen LogP contribution is 2.17. The monoisotopic (exact) mass is 300 g/mol. The van der Waals surface area contributed by atoms with Crippen molar-refractivity contribution in [1.29, 1.82) is 0 Å². The average molecular weight is 300 g/mol. The van der Waals surface area contributed by atoms with Crippen LogP contribution in [-0.2, 0) is 16.6 Å². The lowest BCUT2D eigenvalue weighted by Gasteiger charge is -2.18. The molecule has 0 spiro atoms. The van der Waals surface area contributed by atoms with Crippen LogP contribution in [0.3, 0.4) is 0 Å². The number of benzene rings is 1. The van der Waals surface area contributed by atoms with Gasteiger partial charge in [-0.15, -0.1) is 0 Å². The molecule has 0 fully saturated rings. The molecule has 20 heavy (non-hydrogen) atoms. The number of nitrogens with one attached hydrogen (secondary N) is 1. The van der Waals surface area contributed by atoms with E-state index in [0.29, 0.717) is 11.1 Å². The van der Waals surface area contributed by atoms with Crippen LogP contribution in [-0.4, -0.2) is 45.1 Å². The van der Waals surface area contributed by atoms with Crippen LogP contribution < -0.4 is 4.72 Å². The molecule has 0 aliphatic heterocycles. The number of aliphatic hydroxyl groups is 1. The quantitative estimate of drug-likeness (QED) is 0.791. The maximum Gasteiger partial charge on any atom is 0.241 e. The standard InChI is InChI=1S/C14H24N2O3S/c1-11-5-6-13(10-17)9-14(11)20(18,19)15-12(2)7-8-16(3)4/h5-6,9,12,15,17H,7-8,10H2,1-4H3. The van der Waals surface area contributed by atoms with Crippen LogP contribution in [0.15, 0.2) is 23.1 Å². The zero-order valence-electron chi connectivity index (χ0n) is 12.5. The van der Waals surface area contributed by atoms with Crippen LogP contribution in [0.5, 0.6) is 0 Å². The molecule has 0 saturated carbocycles. The minimum Gasteiger partial charge on any atom is -0.392 e. The largest absolute Gasteiger partial charge is 0.392 e. The van der Waals surface area contributed by atoms with Crippen molar-refractivity contribution < 1.29 is 13.5 Å². The smallest absolute Gasteiger partial charge is 0.241 e. The number of hydrogen-bond acceptors (Lipinski definition) is 4. The van der Waals surface area contributed by atoms with E-state index in [4.69, 9.17) is 5.11 Å². The molecule has 0 aromatic heterocycles. The predicted molar refractivity (Wildman–Crippen MR) is 80.1 cm³/mol. The Morgan fingerprint density at radius 2 is 2.00 bits per heavy atom. The molecule has 2 N–H and O–H groups in total. The van der Waals surface area contributed by atoms with E-state index >= 15 is 0 Å². The molecular formula is C14H24N2O3S. The molecule has 0 aliphatic rings. The molecule has 1 rings (SSSR count). The second-order valence-corrected chi connectivity index (χ2v) is 7.05. The maximum atomic E-state index is 12.4. The van der Waals surface area contributed by atoms with Crippen LogP contribution >= 0.6 is 0 Å². The maximum absolute atomic E-state index is 12.4. The van der Waals surface area contributed by atoms with E-state index in [2.05, 4.69) is 4.72 Å². The van der Waals surface area contributed by atoms with Crippen LogP contribution in [0, 0.1) is 6.92 Å². The molecule has 0 saturated heterocycles. The van der Waals surface area contributed by atoms with Crippen LogP contribution in [0.25, 0.3) is 0 Å². The summed E-state index contributed by atoms with van der Waals surface area (Å²) in [6, 6.07) is 4.82. The van der Waals surface area contributed by atoms with Gasteiger partial charge in [0.05, 0.1) is 11.5 Å². The van der Waals surface area contributed by atoms with Crippen LogP contribution in [0.2, 0.25) is 0 Å². The van der Waals surface area contributed by atoms with E-state index in [1.165, 1.54) is 6.07 Å². The summed E-state index contributed by atoms with van der Waals surface area (Å²) in [4.78, 5) is 2.25. The fourth-order valence-electron chi connectivity index (χ4n) is 1.87. The minimum atomic E-state index is -3.55. The van der Waals surface area contributed by atoms with Crippen molar-refractivity contribution in [3.8, 4) is 0 Å². The topological polar surface area (TPSA) is 69.6 Å². The number of rotatable bonds is 7. The molecular weight excluding hydrogens is 276 g/mol. The Hall–Kier alpha value is -0.950. The van der Waals surface area contributed by atoms with Gasteiger partial charge in [-0.05, 0) is 58.1 Å². The average Bonchev–Trinajstić information content (AvgIpc) is 2.36. The molecule has 1 aromatic rings. The zero-order valence-corrected chi connectivity index (χ0v) is 13.4. The molecule has 1 atom stereocenters. The Labute approximate surface area is 121 Å². The Morgan fingerprint density at radius 3 is 2.55 bits per heavy atom. The van der Waals surface area contributed by atoms with E-state index in [1.807, 2.05) is 25.9 Å². The molecule has 0 bridgehead atoms. The molecule has 0 radical (unpaired) electrons. The third kappa shape index (κ3) is 4.86. The third-order valence-electron chi connectivity index (χ3n) is 3.09. The first-order valence-electron chi connectivity index (χ1n) is 6.63. The van der Waals surface area contributed by atoms with Crippen LogP contribution in [0.4, 0.5) is 0 Å². The van der Waals surface area contributed by atoms with E-state index in [-0.39, 0.29) is 17.5 Å². The Bertz CT molecular complexity index is 541. The van der Waals surface area contributed by atoms with Gasteiger partial charge in [0.15, 0.2) is 0 Å². The minimum absolute atomic E-state index is 0.139. The van der Waals surface area contributed by atoms with E-state index in [1.54, 1.807) is 19.1 Å². The first kappa shape index (κ1) is 17.1. The van der Waals surface area contributed by atoms with Gasteiger partial charge in [-0.3, -0.25) is 0 Å². The first-order chi connectivity index (χ1) is 9.26. The summed E-state index contributed by atoms with van der Waals surface area (Å²) in [5, 5.41) is 9.13. The van der Waals surface area contributed by atoms with Crippen LogP contribution in [0.1, 0.15) is 24.5 Å². The lowest BCUT2D eigenvalue weighted by molar-refractivity contribution is 0.281. The summed E-state index contributed by atoms with van der Waals surface area (Å²) < 4.78 is 27.4. The number of hydrogen-bond donors (Lipinski definition) is 2. The fourth-order valence-corrected chi connectivity index (χ4v) is 3.44. The van der Waals surface area contributed by atoms with Gasteiger partial charge in [-0.25, -0.2) is 13.1 Å². The molecule has 1 unspecified atom stereocenters. The highest BCUT2D eigenvalue weighted by Gasteiger charge is 2.19. The van der Waals surface area contributed by atoms with E-state index in [0.717, 1.165) is 13.0 Å². The number of aryl methyl sites for hydroxylation is 1. The molecule has 1 aromatic carbocycles. The first-order valence-corrected chi connectivity index (χ1v) is 8.12. The van der Waals surface area contributed by atoms with Crippen molar-refractivity contribution in [2.24, 2.45) is 0 Å². The SMILES string of the molecule is Cc1ccc(CO)cc1S(=O)(=O)NC(C)CCN(C)C. The van der Waals surface area contributed by atoms with Crippen molar-refractivity contribution in [1.82, 2.24) is 9.62 Å². The molecule has 0 heterocycles. The van der Waals surface area contributed by atoms with Gasteiger partial charge in [-0.2, -0.15) is 0 Å². The van der Waals surface area contributed by atoms with Gasteiger partial charge in [0.2, 0.25) is 10.0 Å². The Morgan fingerprint density at radius 1 is 1.35 bits per heavy atom. The third-order valence-corrected chi connectivity index (χ3v) is 4.82. The van der Waals surface area contributed by atoms with Gasteiger partial charge in [0.25, 0.3) is 0 Å². The molecule has 0 amide bonds. The summed E-state index contributed by atoms with van der Waals surface area (Å²) in [7, 11) is 0.359. The highest BCUT2D eigenvalue weighted by atomic mass is 32.2. The van der Waals surface area contributed by atoms with Gasteiger partial charge in [-0.1, -0.05) is 12.1 Å². The van der Waals surface area contributed by atoms with Crippen molar-refractivity contribution in [3.05, 3.63) is 29.3 Å². The second-order valence-electron chi connectivity index (χ2n) is 5.37. The second kappa shape index (κ2) is 7.17. The van der Waals surface area contributed by atoms with Gasteiger partial charge < -0.3 is 10.0 Å². The number of sulfonamides is 1. The lowest BCUT2D eigenvalue weighted by Crippen LogP contribution is -2.35. The normalized spacial score (nSPS) is 13.7. The number of aliphatic hydroxyl groups excluding tert-OH is 1. The van der Waals surface area contributed by atoms with E-state index < -0.39 is 10.0 Å². The summed E-state index contributed by atoms with van der Waals surface area (Å²) in [5.41, 5.74) is 1.27.